The molecule has 2 aromatic carbocycles. The van der Waals surface area contributed by atoms with Crippen molar-refractivity contribution in [3.8, 4) is 5.75 Å². The second-order valence-corrected chi connectivity index (χ2v) is 6.94. The van der Waals surface area contributed by atoms with Gasteiger partial charge in [-0.25, -0.2) is 0 Å². The molecular weight excluding hydrogens is 360 g/mol. The molecule has 0 atom stereocenters. The first-order valence-corrected chi connectivity index (χ1v) is 9.63. The first-order valence-electron chi connectivity index (χ1n) is 8.82. The first-order chi connectivity index (χ1) is 13.1. The Balaban J connectivity index is 1.89. The van der Waals surface area contributed by atoms with Crippen molar-refractivity contribution >= 4 is 34.6 Å². The van der Waals surface area contributed by atoms with Crippen LogP contribution in [0.5, 0.6) is 5.75 Å². The Morgan fingerprint density at radius 2 is 1.93 bits per heavy atom. The van der Waals surface area contributed by atoms with Gasteiger partial charge in [0.25, 0.3) is 5.91 Å². The van der Waals surface area contributed by atoms with Crippen molar-refractivity contribution in [3.05, 3.63) is 64.6 Å². The van der Waals surface area contributed by atoms with Gasteiger partial charge in [0, 0.05) is 6.54 Å². The monoisotopic (exact) mass is 382 g/mol. The second kappa shape index (κ2) is 8.88. The summed E-state index contributed by atoms with van der Waals surface area (Å²) in [6.45, 7) is 4.80. The molecule has 0 saturated carbocycles. The Labute approximate surface area is 163 Å². The molecule has 140 valence electrons. The van der Waals surface area contributed by atoms with E-state index in [2.05, 4.69) is 4.99 Å². The predicted octanol–water partition coefficient (Wildman–Crippen LogP) is 3.86. The van der Waals surface area contributed by atoms with E-state index >= 15 is 0 Å². The normalized spacial score (nSPS) is 17.1. The summed E-state index contributed by atoms with van der Waals surface area (Å²) in [6.07, 6.45) is 1.87. The summed E-state index contributed by atoms with van der Waals surface area (Å²) < 4.78 is 5.37. The highest BCUT2D eigenvalue weighted by molar-refractivity contribution is 8.19. The predicted molar refractivity (Wildman–Crippen MR) is 111 cm³/mol. The lowest BCUT2D eigenvalue weighted by molar-refractivity contribution is -0.113. The van der Waals surface area contributed by atoms with Crippen molar-refractivity contribution in [3.63, 3.8) is 0 Å². The number of amides is 1. The summed E-state index contributed by atoms with van der Waals surface area (Å²) in [7, 11) is 0. The Bertz CT molecular complexity index is 875. The fourth-order valence-corrected chi connectivity index (χ4v) is 3.75. The number of aryl methyl sites for hydroxylation is 1. The number of anilines is 1. The van der Waals surface area contributed by atoms with Crippen LogP contribution >= 0.6 is 11.8 Å². The van der Waals surface area contributed by atoms with Crippen molar-refractivity contribution in [1.29, 1.82) is 0 Å². The van der Waals surface area contributed by atoms with Gasteiger partial charge in [-0.3, -0.25) is 14.7 Å². The fourth-order valence-electron chi connectivity index (χ4n) is 2.72. The summed E-state index contributed by atoms with van der Waals surface area (Å²) in [5, 5.41) is 9.52. The number of nitrogens with zero attached hydrogens (tertiary/aromatic N) is 2. The van der Waals surface area contributed by atoms with Crippen molar-refractivity contribution in [1.82, 2.24) is 0 Å². The zero-order valence-electron chi connectivity index (χ0n) is 15.4. The van der Waals surface area contributed by atoms with Crippen LogP contribution in [-0.4, -0.2) is 35.9 Å². The van der Waals surface area contributed by atoms with Crippen molar-refractivity contribution in [2.45, 2.75) is 13.8 Å². The number of carbonyl (C=O) groups excluding carboxylic acids is 1. The maximum atomic E-state index is 13.1. The molecule has 6 heteroatoms. The molecule has 1 N–H and O–H groups in total. The molecule has 1 heterocycles. The molecule has 0 bridgehead atoms. The van der Waals surface area contributed by atoms with E-state index in [1.54, 1.807) is 4.90 Å². The minimum Gasteiger partial charge on any atom is -0.491 e. The number of rotatable bonds is 6. The van der Waals surface area contributed by atoms with Crippen LogP contribution in [0.15, 0.2) is 58.4 Å². The van der Waals surface area contributed by atoms with Crippen LogP contribution in [0.3, 0.4) is 0 Å². The number of aliphatic imine (C=N–C) groups is 1. The number of ether oxygens (including phenoxy) is 1. The molecule has 1 saturated heterocycles. The van der Waals surface area contributed by atoms with E-state index in [9.17, 15) is 4.79 Å². The van der Waals surface area contributed by atoms with E-state index in [-0.39, 0.29) is 19.1 Å². The number of para-hydroxylation sites is 1. The average molecular weight is 382 g/mol. The van der Waals surface area contributed by atoms with Crippen LogP contribution in [0.4, 0.5) is 5.69 Å². The zero-order valence-corrected chi connectivity index (χ0v) is 16.2. The molecule has 0 unspecified atom stereocenters. The molecule has 1 aliphatic rings. The summed E-state index contributed by atoms with van der Waals surface area (Å²) >= 11 is 1.39. The van der Waals surface area contributed by atoms with E-state index < -0.39 is 0 Å². The molecular formula is C21H22N2O3S. The second-order valence-electron chi connectivity index (χ2n) is 5.94. The quantitative estimate of drug-likeness (QED) is 0.771. The van der Waals surface area contributed by atoms with Gasteiger partial charge in [-0.1, -0.05) is 30.3 Å². The van der Waals surface area contributed by atoms with Gasteiger partial charge in [0.15, 0.2) is 5.17 Å². The Kier molecular flexibility index (Phi) is 6.32. The maximum Gasteiger partial charge on any atom is 0.271 e. The average Bonchev–Trinajstić information content (AvgIpc) is 2.97. The smallest absolute Gasteiger partial charge is 0.271 e. The molecule has 1 aliphatic heterocycles. The number of carbonyl (C=O) groups is 1. The van der Waals surface area contributed by atoms with Crippen LogP contribution in [0.2, 0.25) is 0 Å². The van der Waals surface area contributed by atoms with Gasteiger partial charge < -0.3 is 9.84 Å². The van der Waals surface area contributed by atoms with Gasteiger partial charge in [-0.2, -0.15) is 0 Å². The molecule has 1 amide bonds. The van der Waals surface area contributed by atoms with Gasteiger partial charge in [0.2, 0.25) is 0 Å². The number of aliphatic hydroxyl groups excluding tert-OH is 1. The highest BCUT2D eigenvalue weighted by Crippen LogP contribution is 2.37. The van der Waals surface area contributed by atoms with E-state index in [4.69, 9.17) is 9.84 Å². The molecule has 0 spiro atoms. The van der Waals surface area contributed by atoms with Crippen LogP contribution in [0, 0.1) is 6.92 Å². The van der Waals surface area contributed by atoms with Crippen LogP contribution in [0.1, 0.15) is 18.1 Å². The SMILES string of the molecule is CCN=C1S/C(=C\c2ccc(OCCO)cc2)C(=O)N1c1ccccc1C. The van der Waals surface area contributed by atoms with Gasteiger partial charge in [0.1, 0.15) is 12.4 Å². The lowest BCUT2D eigenvalue weighted by atomic mass is 10.1. The third-order valence-corrected chi connectivity index (χ3v) is 5.00. The van der Waals surface area contributed by atoms with E-state index in [1.165, 1.54) is 11.8 Å². The van der Waals surface area contributed by atoms with Gasteiger partial charge >= 0.3 is 0 Å². The molecule has 0 radical (unpaired) electrons. The maximum absolute atomic E-state index is 13.1. The number of aliphatic hydroxyl groups is 1. The lowest BCUT2D eigenvalue weighted by Crippen LogP contribution is -2.29. The van der Waals surface area contributed by atoms with Crippen LogP contribution < -0.4 is 9.64 Å². The van der Waals surface area contributed by atoms with Crippen molar-refractivity contribution in [2.75, 3.05) is 24.7 Å². The highest BCUT2D eigenvalue weighted by Gasteiger charge is 2.35. The largest absolute Gasteiger partial charge is 0.491 e. The summed E-state index contributed by atoms with van der Waals surface area (Å²) in [5.41, 5.74) is 2.80. The third-order valence-electron chi connectivity index (χ3n) is 3.99. The number of thioether (sulfide) groups is 1. The molecule has 27 heavy (non-hydrogen) atoms. The molecule has 1 fully saturated rings. The number of benzene rings is 2. The Morgan fingerprint density at radius 1 is 1.19 bits per heavy atom. The summed E-state index contributed by atoms with van der Waals surface area (Å²) in [6, 6.07) is 15.2. The van der Waals surface area contributed by atoms with Gasteiger partial charge in [0.05, 0.1) is 17.2 Å². The number of amidine groups is 1. The molecule has 0 aromatic heterocycles. The molecule has 5 nitrogen and oxygen atoms in total. The molecule has 2 aromatic rings. The topological polar surface area (TPSA) is 62.1 Å². The number of hydrogen-bond acceptors (Lipinski definition) is 5. The van der Waals surface area contributed by atoms with E-state index in [0.717, 1.165) is 16.8 Å². The summed E-state index contributed by atoms with van der Waals surface area (Å²) in [5.74, 6) is 0.619. The fraction of sp³-hybridized carbons (Fsp3) is 0.238. The van der Waals surface area contributed by atoms with Gasteiger partial charge in [-0.05, 0) is 61.0 Å². The van der Waals surface area contributed by atoms with Crippen molar-refractivity contribution in [2.24, 2.45) is 4.99 Å². The summed E-state index contributed by atoms with van der Waals surface area (Å²) in [4.78, 5) is 19.9. The number of hydrogen-bond donors (Lipinski definition) is 1. The standard InChI is InChI=1S/C21H22N2O3S/c1-3-22-21-23(18-7-5-4-6-15(18)2)20(25)19(27-21)14-16-8-10-17(11-9-16)26-13-12-24/h4-11,14,24H,3,12-13H2,1-2H3/b19-14-,22-21?. The Hall–Kier alpha value is -2.57. The van der Waals surface area contributed by atoms with E-state index in [1.807, 2.05) is 68.5 Å². The Morgan fingerprint density at radius 3 is 2.59 bits per heavy atom. The highest BCUT2D eigenvalue weighted by atomic mass is 32.2. The minimum absolute atomic E-state index is 0.0226. The van der Waals surface area contributed by atoms with Gasteiger partial charge in [-0.15, -0.1) is 0 Å². The first kappa shape index (κ1) is 19.2. The minimum atomic E-state index is -0.0675. The van der Waals surface area contributed by atoms with E-state index in [0.29, 0.717) is 22.4 Å². The van der Waals surface area contributed by atoms with Crippen molar-refractivity contribution < 1.29 is 14.6 Å². The molecule has 3 rings (SSSR count). The third kappa shape index (κ3) is 4.40. The molecule has 0 aliphatic carbocycles. The van der Waals surface area contributed by atoms with Crippen LogP contribution in [-0.2, 0) is 4.79 Å². The van der Waals surface area contributed by atoms with Crippen LogP contribution in [0.25, 0.3) is 6.08 Å². The zero-order chi connectivity index (χ0) is 19.2. The lowest BCUT2D eigenvalue weighted by Gasteiger charge is -2.17.